The molecule has 0 bridgehead atoms. The van der Waals surface area contributed by atoms with Gasteiger partial charge in [-0.05, 0) is 43.4 Å². The summed E-state index contributed by atoms with van der Waals surface area (Å²) in [5.74, 6) is 0.766. The van der Waals surface area contributed by atoms with Gasteiger partial charge in [0.2, 0.25) is 0 Å². The summed E-state index contributed by atoms with van der Waals surface area (Å²) in [6.07, 6.45) is 6.44. The molecule has 3 fully saturated rings. The van der Waals surface area contributed by atoms with Crippen molar-refractivity contribution in [1.82, 2.24) is 5.32 Å². The van der Waals surface area contributed by atoms with Gasteiger partial charge in [-0.25, -0.2) is 0 Å². The minimum atomic E-state index is 0.213. The lowest BCUT2D eigenvalue weighted by molar-refractivity contribution is -0.0523. The Morgan fingerprint density at radius 3 is 2.65 bits per heavy atom. The zero-order valence-electron chi connectivity index (χ0n) is 12.9. The van der Waals surface area contributed by atoms with Crippen molar-refractivity contribution < 1.29 is 14.2 Å². The molecule has 4 heteroatoms. The topological polar surface area (TPSA) is 39.7 Å². The lowest BCUT2D eigenvalue weighted by Crippen LogP contribution is -2.50. The lowest BCUT2D eigenvalue weighted by atomic mass is 9.75. The Kier molecular flexibility index (Phi) is 4.65. The maximum Gasteiger partial charge on any atom is 0.0958 e. The summed E-state index contributed by atoms with van der Waals surface area (Å²) in [6.45, 7) is 5.99. The number of rotatable bonds is 4. The van der Waals surface area contributed by atoms with E-state index in [1.807, 2.05) is 0 Å². The number of methoxy groups -OCH3 is 1. The van der Waals surface area contributed by atoms with Gasteiger partial charge in [-0.15, -0.1) is 0 Å². The monoisotopic (exact) mass is 283 g/mol. The summed E-state index contributed by atoms with van der Waals surface area (Å²) < 4.78 is 16.7. The summed E-state index contributed by atoms with van der Waals surface area (Å²) in [7, 11) is 1.79. The summed E-state index contributed by atoms with van der Waals surface area (Å²) in [5.41, 5.74) is 0.474. The second kappa shape index (κ2) is 6.30. The highest BCUT2D eigenvalue weighted by Crippen LogP contribution is 2.47. The van der Waals surface area contributed by atoms with Crippen molar-refractivity contribution >= 4 is 0 Å². The van der Waals surface area contributed by atoms with Crippen molar-refractivity contribution in [3.8, 4) is 0 Å². The third-order valence-corrected chi connectivity index (χ3v) is 5.75. The van der Waals surface area contributed by atoms with E-state index >= 15 is 0 Å². The van der Waals surface area contributed by atoms with Gasteiger partial charge in [0, 0.05) is 39.0 Å². The average Bonchev–Trinajstić information content (AvgIpc) is 3.10. The van der Waals surface area contributed by atoms with Crippen LogP contribution in [0.1, 0.15) is 39.0 Å². The van der Waals surface area contributed by atoms with Gasteiger partial charge in [0.15, 0.2) is 0 Å². The van der Waals surface area contributed by atoms with E-state index in [1.54, 1.807) is 7.11 Å². The van der Waals surface area contributed by atoms with E-state index in [4.69, 9.17) is 14.2 Å². The van der Waals surface area contributed by atoms with Gasteiger partial charge < -0.3 is 19.5 Å². The fraction of sp³-hybridized carbons (Fsp3) is 1.00. The Balaban J connectivity index is 1.54. The van der Waals surface area contributed by atoms with Crippen LogP contribution in [0.2, 0.25) is 0 Å². The standard InChI is InChI=1S/C16H29NO3/c1-16(12-4-7-19-10-12)6-3-13(9-16)17-14-5-8-20-11-15(14)18-2/h12-15,17H,3-11H2,1-2H3. The lowest BCUT2D eigenvalue weighted by Gasteiger charge is -2.34. The van der Waals surface area contributed by atoms with Crippen LogP contribution in [0.3, 0.4) is 0 Å². The molecule has 5 atom stereocenters. The van der Waals surface area contributed by atoms with Crippen LogP contribution in [0.15, 0.2) is 0 Å². The molecule has 20 heavy (non-hydrogen) atoms. The van der Waals surface area contributed by atoms with Crippen molar-refractivity contribution in [2.75, 3.05) is 33.5 Å². The predicted molar refractivity (Wildman–Crippen MR) is 77.8 cm³/mol. The highest BCUT2D eigenvalue weighted by molar-refractivity contribution is 4.96. The van der Waals surface area contributed by atoms with E-state index in [9.17, 15) is 0 Å². The van der Waals surface area contributed by atoms with E-state index in [2.05, 4.69) is 12.2 Å². The van der Waals surface area contributed by atoms with Crippen LogP contribution >= 0.6 is 0 Å². The van der Waals surface area contributed by atoms with Gasteiger partial charge in [-0.1, -0.05) is 6.92 Å². The predicted octanol–water partition coefficient (Wildman–Crippen LogP) is 1.98. The Hall–Kier alpha value is -0.160. The summed E-state index contributed by atoms with van der Waals surface area (Å²) in [6, 6.07) is 1.10. The molecule has 5 unspecified atom stereocenters. The van der Waals surface area contributed by atoms with E-state index < -0.39 is 0 Å². The van der Waals surface area contributed by atoms with Crippen molar-refractivity contribution in [1.29, 1.82) is 0 Å². The molecule has 2 heterocycles. The summed E-state index contributed by atoms with van der Waals surface area (Å²) in [5, 5.41) is 3.85. The van der Waals surface area contributed by atoms with Crippen molar-refractivity contribution in [3.05, 3.63) is 0 Å². The summed E-state index contributed by atoms with van der Waals surface area (Å²) in [4.78, 5) is 0. The second-order valence-corrected chi connectivity index (χ2v) is 7.07. The van der Waals surface area contributed by atoms with Crippen molar-refractivity contribution in [2.45, 2.75) is 57.2 Å². The van der Waals surface area contributed by atoms with Crippen molar-refractivity contribution in [3.63, 3.8) is 0 Å². The van der Waals surface area contributed by atoms with Crippen LogP contribution in [0, 0.1) is 11.3 Å². The van der Waals surface area contributed by atoms with Crippen LogP contribution in [0.5, 0.6) is 0 Å². The average molecular weight is 283 g/mol. The molecule has 0 radical (unpaired) electrons. The molecule has 2 saturated heterocycles. The molecule has 0 aromatic heterocycles. The Morgan fingerprint density at radius 1 is 1.10 bits per heavy atom. The third kappa shape index (κ3) is 3.03. The van der Waals surface area contributed by atoms with Gasteiger partial charge in [0.05, 0.1) is 12.7 Å². The fourth-order valence-corrected chi connectivity index (χ4v) is 4.31. The van der Waals surface area contributed by atoms with Gasteiger partial charge in [0.1, 0.15) is 0 Å². The molecular weight excluding hydrogens is 254 g/mol. The minimum Gasteiger partial charge on any atom is -0.381 e. The number of hydrogen-bond acceptors (Lipinski definition) is 4. The van der Waals surface area contributed by atoms with Gasteiger partial charge in [0.25, 0.3) is 0 Å². The first-order chi connectivity index (χ1) is 9.71. The molecule has 0 amide bonds. The fourth-order valence-electron chi connectivity index (χ4n) is 4.31. The van der Waals surface area contributed by atoms with E-state index in [0.29, 0.717) is 17.5 Å². The first-order valence-corrected chi connectivity index (χ1v) is 8.15. The third-order valence-electron chi connectivity index (χ3n) is 5.75. The molecule has 3 aliphatic rings. The summed E-state index contributed by atoms with van der Waals surface area (Å²) >= 11 is 0. The second-order valence-electron chi connectivity index (χ2n) is 7.07. The first kappa shape index (κ1) is 14.8. The zero-order valence-corrected chi connectivity index (χ0v) is 12.9. The highest BCUT2D eigenvalue weighted by atomic mass is 16.5. The quantitative estimate of drug-likeness (QED) is 0.856. The minimum absolute atomic E-state index is 0.213. The van der Waals surface area contributed by atoms with Gasteiger partial charge in [-0.3, -0.25) is 0 Å². The molecule has 0 aromatic carbocycles. The molecule has 116 valence electrons. The molecule has 1 N–H and O–H groups in total. The highest BCUT2D eigenvalue weighted by Gasteiger charge is 2.43. The maximum absolute atomic E-state index is 5.60. The SMILES string of the molecule is COC1COCCC1NC1CCC(C)(C2CCOC2)C1. The molecular formula is C16H29NO3. The van der Waals surface area contributed by atoms with E-state index in [-0.39, 0.29) is 6.10 Å². The smallest absolute Gasteiger partial charge is 0.0958 e. The Labute approximate surface area is 122 Å². The van der Waals surface area contributed by atoms with Crippen LogP contribution in [0.4, 0.5) is 0 Å². The number of nitrogens with one attached hydrogen (secondary N) is 1. The Bertz CT molecular complexity index is 319. The maximum atomic E-state index is 5.60. The number of hydrogen-bond donors (Lipinski definition) is 1. The Morgan fingerprint density at radius 2 is 1.90 bits per heavy atom. The van der Waals surface area contributed by atoms with Crippen LogP contribution in [0.25, 0.3) is 0 Å². The molecule has 0 spiro atoms. The van der Waals surface area contributed by atoms with Gasteiger partial charge >= 0.3 is 0 Å². The molecule has 4 nitrogen and oxygen atoms in total. The van der Waals surface area contributed by atoms with Crippen LogP contribution < -0.4 is 5.32 Å². The van der Waals surface area contributed by atoms with Crippen molar-refractivity contribution in [2.24, 2.45) is 11.3 Å². The molecule has 1 saturated carbocycles. The zero-order chi connectivity index (χ0) is 14.0. The molecule has 3 rings (SSSR count). The molecule has 2 aliphatic heterocycles. The molecule has 1 aliphatic carbocycles. The number of ether oxygens (including phenoxy) is 3. The normalized spacial score (nSPS) is 45.9. The van der Waals surface area contributed by atoms with Crippen LogP contribution in [-0.4, -0.2) is 51.7 Å². The van der Waals surface area contributed by atoms with E-state index in [0.717, 1.165) is 38.8 Å². The van der Waals surface area contributed by atoms with Crippen LogP contribution in [-0.2, 0) is 14.2 Å². The van der Waals surface area contributed by atoms with E-state index in [1.165, 1.54) is 25.7 Å². The first-order valence-electron chi connectivity index (χ1n) is 8.15. The van der Waals surface area contributed by atoms with Gasteiger partial charge in [-0.2, -0.15) is 0 Å². The molecule has 0 aromatic rings. The largest absolute Gasteiger partial charge is 0.381 e.